The summed E-state index contributed by atoms with van der Waals surface area (Å²) in [5, 5.41) is 11.9. The quantitative estimate of drug-likeness (QED) is 0.833. The van der Waals surface area contributed by atoms with Crippen molar-refractivity contribution in [3.63, 3.8) is 0 Å². The lowest BCUT2D eigenvalue weighted by atomic mass is 9.91. The van der Waals surface area contributed by atoms with Gasteiger partial charge in [0.2, 0.25) is 0 Å². The zero-order chi connectivity index (χ0) is 16.2. The van der Waals surface area contributed by atoms with Crippen molar-refractivity contribution in [3.8, 4) is 0 Å². The zero-order valence-electron chi connectivity index (χ0n) is 15.0. The Bertz CT molecular complexity index is 479. The van der Waals surface area contributed by atoms with Crippen molar-refractivity contribution in [2.75, 3.05) is 26.2 Å². The highest BCUT2D eigenvalue weighted by Gasteiger charge is 2.27. The minimum atomic E-state index is 0.318. The maximum absolute atomic E-state index is 4.17. The minimum Gasteiger partial charge on any atom is -0.301 e. The van der Waals surface area contributed by atoms with Crippen molar-refractivity contribution in [3.05, 3.63) is 5.82 Å². The summed E-state index contributed by atoms with van der Waals surface area (Å²) in [5.41, 5.74) is 0. The number of tetrazole rings is 1. The molecular formula is C17H32N6. The van der Waals surface area contributed by atoms with Crippen LogP contribution in [0.1, 0.15) is 64.2 Å². The second-order valence-electron chi connectivity index (χ2n) is 7.49. The van der Waals surface area contributed by atoms with E-state index in [-0.39, 0.29) is 0 Å². The number of aromatic nitrogens is 4. The predicted octanol–water partition coefficient (Wildman–Crippen LogP) is 2.25. The molecule has 0 amide bonds. The van der Waals surface area contributed by atoms with Crippen LogP contribution < -0.4 is 0 Å². The van der Waals surface area contributed by atoms with E-state index in [2.05, 4.69) is 39.2 Å². The van der Waals surface area contributed by atoms with Gasteiger partial charge in [0.15, 0.2) is 5.82 Å². The van der Waals surface area contributed by atoms with E-state index >= 15 is 0 Å². The third kappa shape index (κ3) is 4.10. The number of hydrogen-bond donors (Lipinski definition) is 0. The highest BCUT2D eigenvalue weighted by molar-refractivity contribution is 4.91. The fourth-order valence-corrected chi connectivity index (χ4v) is 4.22. The van der Waals surface area contributed by atoms with E-state index in [1.807, 2.05) is 7.05 Å². The molecule has 0 aliphatic carbocycles. The van der Waals surface area contributed by atoms with E-state index in [0.29, 0.717) is 6.04 Å². The molecule has 0 N–H and O–H groups in total. The highest BCUT2D eigenvalue weighted by atomic mass is 15.5. The molecule has 6 heteroatoms. The Labute approximate surface area is 140 Å². The molecule has 1 aromatic rings. The summed E-state index contributed by atoms with van der Waals surface area (Å²) in [7, 11) is 1.93. The van der Waals surface area contributed by atoms with Crippen LogP contribution in [0.15, 0.2) is 0 Å². The van der Waals surface area contributed by atoms with E-state index in [9.17, 15) is 0 Å². The monoisotopic (exact) mass is 320 g/mol. The summed E-state index contributed by atoms with van der Waals surface area (Å²) in [4.78, 5) is 5.25. The molecule has 0 bridgehead atoms. The van der Waals surface area contributed by atoms with Crippen LogP contribution in [0.25, 0.3) is 0 Å². The van der Waals surface area contributed by atoms with Crippen LogP contribution in [-0.2, 0) is 7.05 Å². The molecule has 0 spiro atoms. The molecule has 6 nitrogen and oxygen atoms in total. The molecule has 2 atom stereocenters. The zero-order valence-corrected chi connectivity index (χ0v) is 15.0. The normalized spacial score (nSPS) is 26.5. The number of hydrogen-bond acceptors (Lipinski definition) is 5. The van der Waals surface area contributed by atoms with E-state index in [1.54, 1.807) is 4.68 Å². The van der Waals surface area contributed by atoms with Gasteiger partial charge in [0.05, 0.1) is 6.04 Å². The summed E-state index contributed by atoms with van der Waals surface area (Å²) >= 11 is 0. The van der Waals surface area contributed by atoms with Crippen molar-refractivity contribution in [1.29, 1.82) is 0 Å². The molecule has 0 unspecified atom stereocenters. The minimum absolute atomic E-state index is 0.318. The summed E-state index contributed by atoms with van der Waals surface area (Å²) in [5.74, 6) is 1.87. The number of piperidine rings is 2. The van der Waals surface area contributed by atoms with Crippen LogP contribution in [0.5, 0.6) is 0 Å². The lowest BCUT2D eigenvalue weighted by Gasteiger charge is -2.37. The molecule has 3 rings (SSSR count). The Hall–Kier alpha value is -1.01. The van der Waals surface area contributed by atoms with Gasteiger partial charge in [-0.1, -0.05) is 6.42 Å². The molecule has 3 heterocycles. The fraction of sp³-hybridized carbons (Fsp3) is 0.941. The summed E-state index contributed by atoms with van der Waals surface area (Å²) in [6.07, 6.45) is 8.21. The van der Waals surface area contributed by atoms with Crippen molar-refractivity contribution >= 4 is 0 Å². The van der Waals surface area contributed by atoms with Gasteiger partial charge in [-0.05, 0) is 88.5 Å². The van der Waals surface area contributed by atoms with Gasteiger partial charge < -0.3 is 4.90 Å². The molecule has 2 aliphatic heterocycles. The Morgan fingerprint density at radius 2 is 1.91 bits per heavy atom. The van der Waals surface area contributed by atoms with Crippen LogP contribution in [0, 0.1) is 5.92 Å². The summed E-state index contributed by atoms with van der Waals surface area (Å²) < 4.78 is 1.80. The average molecular weight is 320 g/mol. The second-order valence-corrected chi connectivity index (χ2v) is 7.49. The van der Waals surface area contributed by atoms with Crippen LogP contribution in [0.4, 0.5) is 0 Å². The molecule has 0 radical (unpaired) electrons. The molecule has 0 aromatic carbocycles. The van der Waals surface area contributed by atoms with Gasteiger partial charge in [0.1, 0.15) is 0 Å². The molecule has 2 saturated heterocycles. The van der Waals surface area contributed by atoms with Gasteiger partial charge in [0.25, 0.3) is 0 Å². The number of rotatable bonds is 5. The van der Waals surface area contributed by atoms with Crippen LogP contribution in [-0.4, -0.2) is 62.2 Å². The van der Waals surface area contributed by atoms with Gasteiger partial charge in [0, 0.05) is 13.1 Å². The first kappa shape index (κ1) is 16.8. The Kier molecular flexibility index (Phi) is 5.64. The maximum atomic E-state index is 4.17. The van der Waals surface area contributed by atoms with Crippen molar-refractivity contribution in [2.45, 2.75) is 64.5 Å². The summed E-state index contributed by atoms with van der Waals surface area (Å²) in [6, 6.07) is 1.12. The Balaban J connectivity index is 1.42. The first-order valence-corrected chi connectivity index (χ1v) is 9.35. The third-order valence-electron chi connectivity index (χ3n) is 5.99. The lowest BCUT2D eigenvalue weighted by Crippen LogP contribution is -2.40. The van der Waals surface area contributed by atoms with Crippen LogP contribution >= 0.6 is 0 Å². The molecule has 2 aliphatic rings. The average Bonchev–Trinajstić information content (AvgIpc) is 3.00. The Morgan fingerprint density at radius 3 is 2.57 bits per heavy atom. The lowest BCUT2D eigenvalue weighted by molar-refractivity contribution is 0.109. The number of likely N-dealkylation sites (tertiary alicyclic amines) is 2. The van der Waals surface area contributed by atoms with Crippen LogP contribution in [0.2, 0.25) is 0 Å². The first-order valence-electron chi connectivity index (χ1n) is 9.35. The second kappa shape index (κ2) is 7.71. The smallest absolute Gasteiger partial charge is 0.167 e. The molecule has 130 valence electrons. The van der Waals surface area contributed by atoms with Gasteiger partial charge in [-0.15, -0.1) is 5.10 Å². The third-order valence-corrected chi connectivity index (χ3v) is 5.99. The summed E-state index contributed by atoms with van der Waals surface area (Å²) in [6.45, 7) is 9.59. The van der Waals surface area contributed by atoms with Crippen molar-refractivity contribution in [2.24, 2.45) is 13.0 Å². The van der Waals surface area contributed by atoms with E-state index in [0.717, 1.165) is 17.8 Å². The van der Waals surface area contributed by atoms with Crippen LogP contribution in [0.3, 0.4) is 0 Å². The molecule has 23 heavy (non-hydrogen) atoms. The predicted molar refractivity (Wildman–Crippen MR) is 91.0 cm³/mol. The molecule has 0 saturated carbocycles. The Morgan fingerprint density at radius 1 is 1.13 bits per heavy atom. The van der Waals surface area contributed by atoms with Gasteiger partial charge in [-0.2, -0.15) is 0 Å². The van der Waals surface area contributed by atoms with E-state index in [1.165, 1.54) is 64.7 Å². The van der Waals surface area contributed by atoms with Gasteiger partial charge in [-0.3, -0.25) is 4.90 Å². The van der Waals surface area contributed by atoms with E-state index < -0.39 is 0 Å². The van der Waals surface area contributed by atoms with Crippen molar-refractivity contribution in [1.82, 2.24) is 30.0 Å². The maximum Gasteiger partial charge on any atom is 0.167 e. The standard InChI is InChI=1S/C17H32N6/c1-14-6-4-5-10-22(14)11-7-16-8-12-23(13-9-16)15(2)17-18-19-20-21(17)3/h14-16H,4-13H2,1-3H3/t14-,15-/m1/s1. The molecular weight excluding hydrogens is 288 g/mol. The topological polar surface area (TPSA) is 50.1 Å². The van der Waals surface area contributed by atoms with Gasteiger partial charge in [-0.25, -0.2) is 4.68 Å². The first-order chi connectivity index (χ1) is 11.1. The van der Waals surface area contributed by atoms with Gasteiger partial charge >= 0.3 is 0 Å². The number of nitrogens with zero attached hydrogens (tertiary/aromatic N) is 6. The molecule has 1 aromatic heterocycles. The molecule has 2 fully saturated rings. The fourth-order valence-electron chi connectivity index (χ4n) is 4.22. The highest BCUT2D eigenvalue weighted by Crippen LogP contribution is 2.27. The largest absolute Gasteiger partial charge is 0.301 e. The SMILES string of the molecule is C[C@@H]1CCCCN1CCC1CCN([C@H](C)c2nnnn2C)CC1. The van der Waals surface area contributed by atoms with Crippen molar-refractivity contribution < 1.29 is 0 Å². The number of aryl methyl sites for hydroxylation is 1. The van der Waals surface area contributed by atoms with E-state index in [4.69, 9.17) is 0 Å².